The first-order valence-corrected chi connectivity index (χ1v) is 2.91. The van der Waals surface area contributed by atoms with Crippen LogP contribution in [0.15, 0.2) is 4.42 Å². The molecule has 0 spiro atoms. The molecule has 0 saturated carbocycles. The van der Waals surface area contributed by atoms with Crippen molar-refractivity contribution in [2.45, 2.75) is 13.8 Å². The normalized spacial score (nSPS) is 9.80. The van der Waals surface area contributed by atoms with Gasteiger partial charge in [-0.3, -0.25) is 4.79 Å². The number of aromatic hydroxyl groups is 1. The molecule has 3 heteroatoms. The van der Waals surface area contributed by atoms with Crippen molar-refractivity contribution >= 4 is 6.29 Å². The molecule has 0 bridgehead atoms. The fraction of sp³-hybridized carbons (Fsp3) is 0.286. The van der Waals surface area contributed by atoms with E-state index >= 15 is 0 Å². The van der Waals surface area contributed by atoms with E-state index in [9.17, 15) is 4.79 Å². The molecule has 0 atom stereocenters. The third kappa shape index (κ3) is 0.795. The SMILES string of the molecule is Cc1oc(O)c(C=O)c1C. The fourth-order valence-corrected chi connectivity index (χ4v) is 0.765. The second-order valence-corrected chi connectivity index (χ2v) is 2.12. The molecular formula is C7H8O3. The van der Waals surface area contributed by atoms with Crippen LogP contribution >= 0.6 is 0 Å². The van der Waals surface area contributed by atoms with E-state index < -0.39 is 0 Å². The zero-order valence-electron chi connectivity index (χ0n) is 5.84. The molecular weight excluding hydrogens is 132 g/mol. The van der Waals surface area contributed by atoms with Crippen LogP contribution in [-0.4, -0.2) is 11.4 Å². The van der Waals surface area contributed by atoms with Crippen LogP contribution in [0.1, 0.15) is 21.7 Å². The first kappa shape index (κ1) is 6.86. The maximum absolute atomic E-state index is 10.2. The minimum Gasteiger partial charge on any atom is -0.480 e. The van der Waals surface area contributed by atoms with E-state index in [4.69, 9.17) is 9.52 Å². The van der Waals surface area contributed by atoms with Crippen LogP contribution in [0.2, 0.25) is 0 Å². The zero-order valence-corrected chi connectivity index (χ0v) is 5.84. The molecule has 0 aliphatic rings. The summed E-state index contributed by atoms with van der Waals surface area (Å²) in [7, 11) is 0. The Morgan fingerprint density at radius 2 is 2.10 bits per heavy atom. The van der Waals surface area contributed by atoms with Gasteiger partial charge in [-0.2, -0.15) is 0 Å². The maximum atomic E-state index is 10.2. The monoisotopic (exact) mass is 140 g/mol. The molecule has 1 aromatic heterocycles. The van der Waals surface area contributed by atoms with Crippen molar-refractivity contribution in [3.63, 3.8) is 0 Å². The van der Waals surface area contributed by atoms with Crippen LogP contribution in [0.25, 0.3) is 0 Å². The van der Waals surface area contributed by atoms with Crippen molar-refractivity contribution in [2.24, 2.45) is 0 Å². The molecule has 0 amide bonds. The lowest BCUT2D eigenvalue weighted by atomic mass is 10.2. The van der Waals surface area contributed by atoms with E-state index in [0.29, 0.717) is 17.6 Å². The van der Waals surface area contributed by atoms with Gasteiger partial charge in [-0.25, -0.2) is 0 Å². The third-order valence-electron chi connectivity index (χ3n) is 1.53. The van der Waals surface area contributed by atoms with Gasteiger partial charge in [0, 0.05) is 5.56 Å². The summed E-state index contributed by atoms with van der Waals surface area (Å²) >= 11 is 0. The van der Waals surface area contributed by atoms with Gasteiger partial charge in [0.25, 0.3) is 5.95 Å². The Morgan fingerprint density at radius 1 is 1.50 bits per heavy atom. The quantitative estimate of drug-likeness (QED) is 0.600. The Morgan fingerprint density at radius 3 is 2.30 bits per heavy atom. The van der Waals surface area contributed by atoms with Crippen molar-refractivity contribution in [3.05, 3.63) is 16.9 Å². The smallest absolute Gasteiger partial charge is 0.293 e. The zero-order chi connectivity index (χ0) is 7.72. The van der Waals surface area contributed by atoms with Gasteiger partial charge in [0.15, 0.2) is 6.29 Å². The van der Waals surface area contributed by atoms with Crippen LogP contribution in [-0.2, 0) is 0 Å². The molecule has 0 aliphatic heterocycles. The molecule has 1 heterocycles. The lowest BCUT2D eigenvalue weighted by Gasteiger charge is -1.83. The van der Waals surface area contributed by atoms with Crippen molar-refractivity contribution < 1.29 is 14.3 Å². The van der Waals surface area contributed by atoms with Crippen LogP contribution in [0.4, 0.5) is 0 Å². The average Bonchev–Trinajstić information content (AvgIpc) is 2.09. The second-order valence-electron chi connectivity index (χ2n) is 2.12. The highest BCUT2D eigenvalue weighted by Crippen LogP contribution is 2.24. The predicted octanol–water partition coefficient (Wildman–Crippen LogP) is 1.41. The van der Waals surface area contributed by atoms with Gasteiger partial charge in [-0.05, 0) is 13.8 Å². The molecule has 0 unspecified atom stereocenters. The summed E-state index contributed by atoms with van der Waals surface area (Å²) in [5.41, 5.74) is 0.949. The number of carbonyl (C=O) groups is 1. The summed E-state index contributed by atoms with van der Waals surface area (Å²) < 4.78 is 4.76. The summed E-state index contributed by atoms with van der Waals surface area (Å²) in [5, 5.41) is 8.91. The van der Waals surface area contributed by atoms with E-state index in [-0.39, 0.29) is 11.5 Å². The Balaban J connectivity index is 3.33. The molecule has 54 valence electrons. The lowest BCUT2D eigenvalue weighted by Crippen LogP contribution is -1.79. The van der Waals surface area contributed by atoms with E-state index in [0.717, 1.165) is 0 Å². The van der Waals surface area contributed by atoms with Gasteiger partial charge in [0.1, 0.15) is 11.3 Å². The largest absolute Gasteiger partial charge is 0.480 e. The van der Waals surface area contributed by atoms with Gasteiger partial charge in [-0.1, -0.05) is 0 Å². The van der Waals surface area contributed by atoms with E-state index in [1.165, 1.54) is 0 Å². The molecule has 1 N–H and O–H groups in total. The lowest BCUT2D eigenvalue weighted by molar-refractivity contribution is 0.111. The Labute approximate surface area is 58.3 Å². The van der Waals surface area contributed by atoms with Crippen molar-refractivity contribution in [1.29, 1.82) is 0 Å². The Bertz CT molecular complexity index is 260. The van der Waals surface area contributed by atoms with Crippen LogP contribution in [0.5, 0.6) is 5.95 Å². The standard InChI is InChI=1S/C7H8O3/c1-4-5(2)10-7(9)6(4)3-8/h3,9H,1-2H3. The van der Waals surface area contributed by atoms with Crippen LogP contribution in [0.3, 0.4) is 0 Å². The summed E-state index contributed by atoms with van der Waals surface area (Å²) in [5.74, 6) is 0.296. The fourth-order valence-electron chi connectivity index (χ4n) is 0.765. The van der Waals surface area contributed by atoms with Gasteiger partial charge in [0.2, 0.25) is 0 Å². The third-order valence-corrected chi connectivity index (χ3v) is 1.53. The molecule has 3 nitrogen and oxygen atoms in total. The first-order chi connectivity index (χ1) is 4.66. The summed E-state index contributed by atoms with van der Waals surface area (Å²) in [4.78, 5) is 10.2. The van der Waals surface area contributed by atoms with Crippen molar-refractivity contribution in [1.82, 2.24) is 0 Å². The first-order valence-electron chi connectivity index (χ1n) is 2.91. The second kappa shape index (κ2) is 2.17. The number of hydrogen-bond acceptors (Lipinski definition) is 3. The molecule has 0 saturated heterocycles. The van der Waals surface area contributed by atoms with E-state index in [1.807, 2.05) is 0 Å². The molecule has 0 aliphatic carbocycles. The van der Waals surface area contributed by atoms with Crippen molar-refractivity contribution in [2.75, 3.05) is 0 Å². The average molecular weight is 140 g/mol. The molecule has 1 rings (SSSR count). The number of aryl methyl sites for hydroxylation is 1. The topological polar surface area (TPSA) is 50.4 Å². The van der Waals surface area contributed by atoms with Gasteiger partial charge < -0.3 is 9.52 Å². The number of aldehydes is 1. The number of carbonyl (C=O) groups excluding carboxylic acids is 1. The number of furan rings is 1. The number of hydrogen-bond donors (Lipinski definition) is 1. The van der Waals surface area contributed by atoms with E-state index in [2.05, 4.69) is 0 Å². The number of rotatable bonds is 1. The predicted molar refractivity (Wildman–Crippen MR) is 35.2 cm³/mol. The van der Waals surface area contributed by atoms with Gasteiger partial charge in [-0.15, -0.1) is 0 Å². The summed E-state index contributed by atoms with van der Waals surface area (Å²) in [6.07, 6.45) is 0.584. The van der Waals surface area contributed by atoms with Gasteiger partial charge >= 0.3 is 0 Å². The van der Waals surface area contributed by atoms with Crippen LogP contribution < -0.4 is 0 Å². The van der Waals surface area contributed by atoms with Gasteiger partial charge in [0.05, 0.1) is 0 Å². The molecule has 0 radical (unpaired) electrons. The minimum atomic E-state index is -0.287. The highest BCUT2D eigenvalue weighted by Gasteiger charge is 2.11. The van der Waals surface area contributed by atoms with Crippen LogP contribution in [0, 0.1) is 13.8 Å². The highest BCUT2D eigenvalue weighted by molar-refractivity contribution is 5.80. The van der Waals surface area contributed by atoms with E-state index in [1.54, 1.807) is 13.8 Å². The van der Waals surface area contributed by atoms with Crippen molar-refractivity contribution in [3.8, 4) is 5.95 Å². The maximum Gasteiger partial charge on any atom is 0.293 e. The molecule has 10 heavy (non-hydrogen) atoms. The summed E-state index contributed by atoms with van der Waals surface area (Å²) in [6.45, 7) is 3.42. The minimum absolute atomic E-state index is 0.248. The molecule has 0 fully saturated rings. The summed E-state index contributed by atoms with van der Waals surface area (Å²) in [6, 6.07) is 0. The molecule has 0 aromatic carbocycles. The molecule has 1 aromatic rings. The highest BCUT2D eigenvalue weighted by atomic mass is 16.5. The Kier molecular flexibility index (Phi) is 1.49. The Hall–Kier alpha value is -1.25.